The third-order valence-corrected chi connectivity index (χ3v) is 6.79. The van der Waals surface area contributed by atoms with Crippen LogP contribution in [0.5, 0.6) is 0 Å². The molecule has 1 N–H and O–H groups in total. The van der Waals surface area contributed by atoms with Crippen LogP contribution < -0.4 is 10.2 Å². The number of aryl methyl sites for hydroxylation is 1. The molecule has 4 amide bonds. The number of ether oxygens (including phenoxy) is 1. The van der Waals surface area contributed by atoms with Crippen molar-refractivity contribution in [3.63, 3.8) is 0 Å². The first kappa shape index (κ1) is 21.6. The van der Waals surface area contributed by atoms with Crippen LogP contribution in [-0.4, -0.2) is 47.5 Å². The molecule has 1 saturated carbocycles. The Morgan fingerprint density at radius 1 is 1.12 bits per heavy atom. The molecule has 0 bridgehead atoms. The number of rotatable bonds is 4. The molecule has 0 spiro atoms. The Labute approximate surface area is 191 Å². The van der Waals surface area contributed by atoms with Gasteiger partial charge in [-0.15, -0.1) is 0 Å². The van der Waals surface area contributed by atoms with Gasteiger partial charge in [0.15, 0.2) is 6.10 Å². The van der Waals surface area contributed by atoms with Crippen LogP contribution in [0.25, 0.3) is 0 Å². The summed E-state index contributed by atoms with van der Waals surface area (Å²) >= 11 is 0. The Hall–Kier alpha value is -3.26. The lowest BCUT2D eigenvalue weighted by Crippen LogP contribution is -2.65. The van der Waals surface area contributed by atoms with Crippen molar-refractivity contribution in [3.05, 3.63) is 59.9 Å². The highest BCUT2D eigenvalue weighted by molar-refractivity contribution is 6.18. The van der Waals surface area contributed by atoms with Gasteiger partial charge in [-0.3, -0.25) is 9.59 Å². The maximum Gasteiger partial charge on any atom is 0.332 e. The monoisotopic (exact) mass is 451 g/mol. The van der Waals surface area contributed by atoms with E-state index in [1.807, 2.05) is 25.1 Å². The van der Waals surface area contributed by atoms with Gasteiger partial charge in [0.25, 0.3) is 5.91 Å². The molecule has 3 aliphatic rings. The second-order valence-corrected chi connectivity index (χ2v) is 9.01. The number of hydrogen-bond donors (Lipinski definition) is 1. The first-order valence-corrected chi connectivity index (χ1v) is 11.3. The minimum absolute atomic E-state index is 0.0128. The van der Waals surface area contributed by atoms with Gasteiger partial charge in [0, 0.05) is 11.6 Å². The molecule has 2 heterocycles. The minimum Gasteiger partial charge on any atom is -0.363 e. The molecule has 3 fully saturated rings. The van der Waals surface area contributed by atoms with Crippen LogP contribution in [0.2, 0.25) is 0 Å². The minimum atomic E-state index is -0.840. The smallest absolute Gasteiger partial charge is 0.332 e. The topological polar surface area (TPSA) is 79.0 Å². The van der Waals surface area contributed by atoms with Crippen LogP contribution in [0.3, 0.4) is 0 Å². The van der Waals surface area contributed by atoms with Gasteiger partial charge in [-0.1, -0.05) is 25.0 Å². The zero-order valence-corrected chi connectivity index (χ0v) is 18.4. The number of carbonyl (C=O) groups excluding carboxylic acids is 3. The number of urea groups is 1. The number of anilines is 2. The van der Waals surface area contributed by atoms with E-state index in [-0.39, 0.29) is 30.2 Å². The summed E-state index contributed by atoms with van der Waals surface area (Å²) in [6.07, 6.45) is 2.74. The van der Waals surface area contributed by atoms with Crippen molar-refractivity contribution in [2.24, 2.45) is 5.92 Å². The van der Waals surface area contributed by atoms with E-state index in [9.17, 15) is 18.8 Å². The molecule has 2 aromatic rings. The molecule has 5 rings (SSSR count). The van der Waals surface area contributed by atoms with E-state index >= 15 is 0 Å². The van der Waals surface area contributed by atoms with Gasteiger partial charge in [-0.2, -0.15) is 0 Å². The van der Waals surface area contributed by atoms with Crippen molar-refractivity contribution in [3.8, 4) is 0 Å². The van der Waals surface area contributed by atoms with E-state index in [1.54, 1.807) is 6.07 Å². The van der Waals surface area contributed by atoms with Crippen molar-refractivity contribution in [2.75, 3.05) is 16.8 Å². The maximum absolute atomic E-state index is 13.6. The zero-order valence-electron chi connectivity index (χ0n) is 18.4. The van der Waals surface area contributed by atoms with Crippen molar-refractivity contribution in [1.82, 2.24) is 4.90 Å². The summed E-state index contributed by atoms with van der Waals surface area (Å²) in [7, 11) is 0. The molecule has 2 aromatic carbocycles. The summed E-state index contributed by atoms with van der Waals surface area (Å²) < 4.78 is 19.6. The first-order valence-electron chi connectivity index (χ1n) is 11.3. The van der Waals surface area contributed by atoms with Crippen molar-refractivity contribution >= 4 is 29.2 Å². The van der Waals surface area contributed by atoms with E-state index < -0.39 is 29.9 Å². The summed E-state index contributed by atoms with van der Waals surface area (Å²) in [5.41, 5.74) is 1.90. The number of nitrogens with one attached hydrogen (secondary N) is 1. The summed E-state index contributed by atoms with van der Waals surface area (Å²) in [5.74, 6) is -1.26. The Balaban J connectivity index is 1.46. The lowest BCUT2D eigenvalue weighted by molar-refractivity contribution is -0.133. The average Bonchev–Trinajstić information content (AvgIpc) is 3.18. The van der Waals surface area contributed by atoms with Crippen LogP contribution in [0.15, 0.2) is 48.5 Å². The van der Waals surface area contributed by atoms with E-state index in [0.29, 0.717) is 5.69 Å². The molecule has 7 nitrogen and oxygen atoms in total. The zero-order chi connectivity index (χ0) is 23.1. The normalized spacial score (nSPS) is 26.7. The standard InChI is InChI=1S/C25H26FN3O4/c1-15-5-4-6-17(13-15)27-21(30)14-28-22-19-7-2-3-8-20(19)33-23(22)24(31)29(25(28)32)18-11-9-16(26)10-12-18/h4-6,9-13,19-20,22-23H,2-3,7-8,14H2,1H3,(H,27,30). The number of carbonyl (C=O) groups is 3. The van der Waals surface area contributed by atoms with E-state index in [4.69, 9.17) is 4.74 Å². The van der Waals surface area contributed by atoms with Gasteiger partial charge < -0.3 is 15.0 Å². The second kappa shape index (κ2) is 8.59. The highest BCUT2D eigenvalue weighted by Crippen LogP contribution is 2.43. The van der Waals surface area contributed by atoms with Crippen molar-refractivity contribution < 1.29 is 23.5 Å². The fourth-order valence-corrected chi connectivity index (χ4v) is 5.33. The summed E-state index contributed by atoms with van der Waals surface area (Å²) in [6.45, 7) is 1.73. The molecule has 172 valence electrons. The number of amides is 4. The number of imide groups is 1. The fourth-order valence-electron chi connectivity index (χ4n) is 5.33. The summed E-state index contributed by atoms with van der Waals surface area (Å²) in [4.78, 5) is 42.4. The molecule has 4 atom stereocenters. The van der Waals surface area contributed by atoms with E-state index in [0.717, 1.165) is 36.1 Å². The van der Waals surface area contributed by atoms with Crippen LogP contribution in [0, 0.1) is 18.7 Å². The molecule has 1 aliphatic carbocycles. The SMILES string of the molecule is Cc1cccc(NC(=O)CN2C(=O)N(c3ccc(F)cc3)C(=O)C3OC4CCCCC4C32)c1. The van der Waals surface area contributed by atoms with Crippen molar-refractivity contribution in [1.29, 1.82) is 0 Å². The van der Waals surface area contributed by atoms with E-state index in [1.165, 1.54) is 29.2 Å². The van der Waals surface area contributed by atoms with E-state index in [2.05, 4.69) is 5.32 Å². The summed E-state index contributed by atoms with van der Waals surface area (Å²) in [6, 6.07) is 11.5. The Kier molecular flexibility index (Phi) is 5.62. The van der Waals surface area contributed by atoms with Crippen LogP contribution >= 0.6 is 0 Å². The molecule has 0 aromatic heterocycles. The Bertz CT molecular complexity index is 1090. The van der Waals surface area contributed by atoms with Crippen LogP contribution in [-0.2, 0) is 14.3 Å². The predicted molar refractivity (Wildman–Crippen MR) is 120 cm³/mol. The van der Waals surface area contributed by atoms with Crippen LogP contribution in [0.4, 0.5) is 20.6 Å². The number of halogens is 1. The molecule has 8 heteroatoms. The number of hydrogen-bond acceptors (Lipinski definition) is 4. The third kappa shape index (κ3) is 3.99. The summed E-state index contributed by atoms with van der Waals surface area (Å²) in [5, 5.41) is 2.85. The van der Waals surface area contributed by atoms with Gasteiger partial charge in [0.05, 0.1) is 17.8 Å². The highest BCUT2D eigenvalue weighted by Gasteiger charge is 2.58. The first-order chi connectivity index (χ1) is 15.9. The molecule has 0 radical (unpaired) electrons. The molecule has 2 aliphatic heterocycles. The van der Waals surface area contributed by atoms with Crippen LogP contribution in [0.1, 0.15) is 31.2 Å². The molecular formula is C25H26FN3O4. The lowest BCUT2D eigenvalue weighted by Gasteiger charge is -2.42. The van der Waals surface area contributed by atoms with Gasteiger partial charge in [-0.05, 0) is 61.7 Å². The van der Waals surface area contributed by atoms with Gasteiger partial charge >= 0.3 is 6.03 Å². The Morgan fingerprint density at radius 2 is 1.88 bits per heavy atom. The number of benzene rings is 2. The largest absolute Gasteiger partial charge is 0.363 e. The van der Waals surface area contributed by atoms with Gasteiger partial charge in [-0.25, -0.2) is 14.1 Å². The third-order valence-electron chi connectivity index (χ3n) is 6.79. The molecular weight excluding hydrogens is 425 g/mol. The maximum atomic E-state index is 13.6. The Morgan fingerprint density at radius 3 is 2.64 bits per heavy atom. The highest BCUT2D eigenvalue weighted by atomic mass is 19.1. The second-order valence-electron chi connectivity index (χ2n) is 9.01. The number of nitrogens with zero attached hydrogens (tertiary/aromatic N) is 2. The average molecular weight is 451 g/mol. The lowest BCUT2D eigenvalue weighted by atomic mass is 9.81. The fraction of sp³-hybridized carbons (Fsp3) is 0.400. The van der Waals surface area contributed by atoms with Gasteiger partial charge in [0.2, 0.25) is 5.91 Å². The molecule has 4 unspecified atom stereocenters. The number of fused-ring (bicyclic) bond motifs is 3. The van der Waals surface area contributed by atoms with Gasteiger partial charge in [0.1, 0.15) is 12.4 Å². The molecule has 2 saturated heterocycles. The molecule has 33 heavy (non-hydrogen) atoms. The van der Waals surface area contributed by atoms with Crippen molar-refractivity contribution in [2.45, 2.75) is 50.9 Å². The quantitative estimate of drug-likeness (QED) is 0.766. The predicted octanol–water partition coefficient (Wildman–Crippen LogP) is 3.87.